The summed E-state index contributed by atoms with van der Waals surface area (Å²) in [4.78, 5) is 6.79. The van der Waals surface area contributed by atoms with Crippen molar-refractivity contribution in [3.05, 3.63) is 23.9 Å². The van der Waals surface area contributed by atoms with Crippen LogP contribution < -0.4 is 11.3 Å². The smallest absolute Gasteiger partial charge is 0.144 e. The zero-order valence-electron chi connectivity index (χ0n) is 10.7. The molecular formula is C13H22N4. The lowest BCUT2D eigenvalue weighted by Crippen LogP contribution is -2.33. The number of nitrogen functional groups attached to an aromatic ring is 1. The fourth-order valence-corrected chi connectivity index (χ4v) is 2.72. The zero-order valence-corrected chi connectivity index (χ0v) is 10.7. The van der Waals surface area contributed by atoms with Gasteiger partial charge < -0.3 is 5.43 Å². The molecule has 1 atom stereocenters. The molecule has 0 aromatic carbocycles. The molecule has 17 heavy (non-hydrogen) atoms. The molecule has 1 aromatic rings. The van der Waals surface area contributed by atoms with Crippen molar-refractivity contribution in [1.29, 1.82) is 0 Å². The number of nitrogens with two attached hydrogens (primary N) is 1. The van der Waals surface area contributed by atoms with Gasteiger partial charge in [-0.2, -0.15) is 0 Å². The largest absolute Gasteiger partial charge is 0.308 e. The second-order valence-electron chi connectivity index (χ2n) is 5.08. The maximum absolute atomic E-state index is 5.49. The standard InChI is InChI=1S/C13H22N4/c1-10(2)12-6-4-8-17(12)9-11-5-3-7-15-13(11)16-14/h3,5,7,10,12H,4,6,8-9,14H2,1-2H3,(H,15,16). The summed E-state index contributed by atoms with van der Waals surface area (Å²) in [7, 11) is 0. The molecule has 0 spiro atoms. The van der Waals surface area contributed by atoms with Crippen molar-refractivity contribution < 1.29 is 0 Å². The van der Waals surface area contributed by atoms with Crippen LogP contribution in [0, 0.1) is 5.92 Å². The van der Waals surface area contributed by atoms with E-state index in [2.05, 4.69) is 35.2 Å². The molecule has 3 N–H and O–H groups in total. The van der Waals surface area contributed by atoms with Crippen LogP contribution in [0.2, 0.25) is 0 Å². The van der Waals surface area contributed by atoms with Gasteiger partial charge in [0, 0.05) is 24.3 Å². The number of nitrogens with zero attached hydrogens (tertiary/aromatic N) is 2. The van der Waals surface area contributed by atoms with Gasteiger partial charge in [-0.3, -0.25) is 4.90 Å². The van der Waals surface area contributed by atoms with Crippen LogP contribution in [0.5, 0.6) is 0 Å². The van der Waals surface area contributed by atoms with Crippen LogP contribution in [0.15, 0.2) is 18.3 Å². The predicted octanol–water partition coefficient (Wildman–Crippen LogP) is 1.99. The van der Waals surface area contributed by atoms with E-state index in [0.29, 0.717) is 12.0 Å². The maximum atomic E-state index is 5.49. The number of aromatic nitrogens is 1. The van der Waals surface area contributed by atoms with E-state index < -0.39 is 0 Å². The summed E-state index contributed by atoms with van der Waals surface area (Å²) in [5.74, 6) is 6.99. The molecule has 1 saturated heterocycles. The Bertz CT molecular complexity index is 364. The molecule has 1 unspecified atom stereocenters. The van der Waals surface area contributed by atoms with Gasteiger partial charge in [-0.05, 0) is 31.4 Å². The van der Waals surface area contributed by atoms with Crippen molar-refractivity contribution in [1.82, 2.24) is 9.88 Å². The monoisotopic (exact) mass is 234 g/mol. The van der Waals surface area contributed by atoms with Gasteiger partial charge >= 0.3 is 0 Å². The second-order valence-corrected chi connectivity index (χ2v) is 5.08. The van der Waals surface area contributed by atoms with Crippen LogP contribution in [0.4, 0.5) is 5.82 Å². The molecule has 1 aromatic heterocycles. The van der Waals surface area contributed by atoms with Crippen molar-refractivity contribution >= 4 is 5.82 Å². The van der Waals surface area contributed by atoms with Gasteiger partial charge in [-0.15, -0.1) is 0 Å². The highest BCUT2D eigenvalue weighted by Gasteiger charge is 2.27. The zero-order chi connectivity index (χ0) is 12.3. The topological polar surface area (TPSA) is 54.2 Å². The van der Waals surface area contributed by atoms with Crippen LogP contribution >= 0.6 is 0 Å². The molecule has 1 fully saturated rings. The van der Waals surface area contributed by atoms with E-state index in [-0.39, 0.29) is 0 Å². The molecule has 2 heterocycles. The Morgan fingerprint density at radius 1 is 1.59 bits per heavy atom. The Labute approximate surface area is 103 Å². The normalized spacial score (nSPS) is 21.1. The molecule has 4 heteroatoms. The Hall–Kier alpha value is -1.13. The molecule has 2 rings (SSSR count). The number of likely N-dealkylation sites (tertiary alicyclic amines) is 1. The second kappa shape index (κ2) is 5.47. The van der Waals surface area contributed by atoms with Crippen LogP contribution in [-0.4, -0.2) is 22.5 Å². The molecule has 0 radical (unpaired) electrons. The first-order valence-electron chi connectivity index (χ1n) is 6.37. The lowest BCUT2D eigenvalue weighted by molar-refractivity contribution is 0.199. The number of pyridine rings is 1. The van der Waals surface area contributed by atoms with Crippen LogP contribution in [0.3, 0.4) is 0 Å². The van der Waals surface area contributed by atoms with E-state index in [4.69, 9.17) is 5.84 Å². The summed E-state index contributed by atoms with van der Waals surface area (Å²) in [5, 5.41) is 0. The van der Waals surface area contributed by atoms with Crippen molar-refractivity contribution in [2.75, 3.05) is 12.0 Å². The Kier molecular flexibility index (Phi) is 3.97. The third-order valence-corrected chi connectivity index (χ3v) is 3.59. The first-order valence-corrected chi connectivity index (χ1v) is 6.37. The molecule has 94 valence electrons. The molecule has 0 saturated carbocycles. The molecule has 1 aliphatic heterocycles. The van der Waals surface area contributed by atoms with Crippen LogP contribution in [-0.2, 0) is 6.54 Å². The quantitative estimate of drug-likeness (QED) is 0.618. The first kappa shape index (κ1) is 12.3. The average Bonchev–Trinajstić information content (AvgIpc) is 2.78. The Balaban J connectivity index is 2.09. The minimum absolute atomic E-state index is 0.695. The SMILES string of the molecule is CC(C)C1CCCN1Cc1cccnc1NN. The van der Waals surface area contributed by atoms with Crippen molar-refractivity contribution in [3.8, 4) is 0 Å². The number of hydrazine groups is 1. The molecule has 0 amide bonds. The van der Waals surface area contributed by atoms with Crippen LogP contribution in [0.25, 0.3) is 0 Å². The van der Waals surface area contributed by atoms with Gasteiger partial charge in [-0.1, -0.05) is 19.9 Å². The first-order chi connectivity index (χ1) is 8.22. The summed E-state index contributed by atoms with van der Waals surface area (Å²) in [6.07, 6.45) is 4.38. The van der Waals surface area contributed by atoms with Crippen LogP contribution in [0.1, 0.15) is 32.3 Å². The third-order valence-electron chi connectivity index (χ3n) is 3.59. The number of anilines is 1. The molecule has 0 aliphatic carbocycles. The van der Waals surface area contributed by atoms with Gasteiger partial charge in [0.15, 0.2) is 0 Å². The minimum atomic E-state index is 0.695. The van der Waals surface area contributed by atoms with E-state index >= 15 is 0 Å². The van der Waals surface area contributed by atoms with E-state index in [1.807, 2.05) is 6.07 Å². The minimum Gasteiger partial charge on any atom is -0.308 e. The molecular weight excluding hydrogens is 212 g/mol. The van der Waals surface area contributed by atoms with E-state index in [0.717, 1.165) is 12.4 Å². The predicted molar refractivity (Wildman–Crippen MR) is 70.3 cm³/mol. The van der Waals surface area contributed by atoms with Gasteiger partial charge in [0.1, 0.15) is 5.82 Å². The molecule has 1 aliphatic rings. The van der Waals surface area contributed by atoms with Gasteiger partial charge in [-0.25, -0.2) is 10.8 Å². The summed E-state index contributed by atoms with van der Waals surface area (Å²) < 4.78 is 0. The summed E-state index contributed by atoms with van der Waals surface area (Å²) in [6, 6.07) is 4.76. The van der Waals surface area contributed by atoms with E-state index in [1.54, 1.807) is 6.20 Å². The highest BCUT2D eigenvalue weighted by Crippen LogP contribution is 2.26. The fourth-order valence-electron chi connectivity index (χ4n) is 2.72. The number of hydrogen-bond acceptors (Lipinski definition) is 4. The Morgan fingerprint density at radius 3 is 3.12 bits per heavy atom. The highest BCUT2D eigenvalue weighted by molar-refractivity contribution is 5.42. The third kappa shape index (κ3) is 2.76. The maximum Gasteiger partial charge on any atom is 0.144 e. The van der Waals surface area contributed by atoms with Gasteiger partial charge in [0.25, 0.3) is 0 Å². The number of rotatable bonds is 4. The van der Waals surface area contributed by atoms with Gasteiger partial charge in [0.2, 0.25) is 0 Å². The van der Waals surface area contributed by atoms with Crippen molar-refractivity contribution in [3.63, 3.8) is 0 Å². The lowest BCUT2D eigenvalue weighted by atomic mass is 10.0. The van der Waals surface area contributed by atoms with E-state index in [1.165, 1.54) is 24.9 Å². The number of nitrogens with one attached hydrogen (secondary N) is 1. The molecule has 4 nitrogen and oxygen atoms in total. The van der Waals surface area contributed by atoms with Crippen molar-refractivity contribution in [2.24, 2.45) is 11.8 Å². The summed E-state index contributed by atoms with van der Waals surface area (Å²) in [5.41, 5.74) is 3.86. The number of hydrogen-bond donors (Lipinski definition) is 2. The summed E-state index contributed by atoms with van der Waals surface area (Å²) >= 11 is 0. The summed E-state index contributed by atoms with van der Waals surface area (Å²) in [6.45, 7) is 6.72. The fraction of sp³-hybridized carbons (Fsp3) is 0.615. The average molecular weight is 234 g/mol. The highest BCUT2D eigenvalue weighted by atomic mass is 15.3. The van der Waals surface area contributed by atoms with E-state index in [9.17, 15) is 0 Å². The van der Waals surface area contributed by atoms with Gasteiger partial charge in [0.05, 0.1) is 0 Å². The Morgan fingerprint density at radius 2 is 2.41 bits per heavy atom. The van der Waals surface area contributed by atoms with Crippen molar-refractivity contribution in [2.45, 2.75) is 39.3 Å². The molecule has 0 bridgehead atoms. The lowest BCUT2D eigenvalue weighted by Gasteiger charge is -2.27.